The highest BCUT2D eigenvalue weighted by Gasteiger charge is 2.36. The highest BCUT2D eigenvalue weighted by atomic mass is 32.2. The standard InChI is InChI=1S/C16H24N2OS/c1-11(2)13-5-7-14(8-6-13)15-17-12(3)16(19)18(15)9-10-20-4/h5-8,11-12,15,17H,9-10H2,1-4H3. The lowest BCUT2D eigenvalue weighted by molar-refractivity contribution is -0.129. The Morgan fingerprint density at radius 2 is 1.95 bits per heavy atom. The second-order valence-electron chi connectivity index (χ2n) is 5.64. The molecule has 0 radical (unpaired) electrons. The molecule has 1 fully saturated rings. The summed E-state index contributed by atoms with van der Waals surface area (Å²) in [4.78, 5) is 14.2. The normalized spacial score (nSPS) is 22.9. The average Bonchev–Trinajstić information content (AvgIpc) is 2.72. The van der Waals surface area contributed by atoms with Crippen molar-refractivity contribution in [2.45, 2.75) is 38.9 Å². The smallest absolute Gasteiger partial charge is 0.241 e. The number of carbonyl (C=O) groups is 1. The summed E-state index contributed by atoms with van der Waals surface area (Å²) >= 11 is 1.77. The van der Waals surface area contributed by atoms with Crippen molar-refractivity contribution in [3.05, 3.63) is 35.4 Å². The fraction of sp³-hybridized carbons (Fsp3) is 0.562. The van der Waals surface area contributed by atoms with E-state index in [0.717, 1.165) is 12.3 Å². The predicted molar refractivity (Wildman–Crippen MR) is 86.0 cm³/mol. The number of nitrogens with zero attached hydrogens (tertiary/aromatic N) is 1. The summed E-state index contributed by atoms with van der Waals surface area (Å²) in [5.74, 6) is 1.71. The summed E-state index contributed by atoms with van der Waals surface area (Å²) in [5, 5.41) is 3.39. The van der Waals surface area contributed by atoms with Gasteiger partial charge in [-0.1, -0.05) is 38.1 Å². The minimum Gasteiger partial charge on any atom is -0.321 e. The van der Waals surface area contributed by atoms with Crippen molar-refractivity contribution in [1.82, 2.24) is 10.2 Å². The molecule has 0 aliphatic carbocycles. The largest absolute Gasteiger partial charge is 0.321 e. The third-order valence-electron chi connectivity index (χ3n) is 3.83. The van der Waals surface area contributed by atoms with E-state index in [2.05, 4.69) is 49.7 Å². The van der Waals surface area contributed by atoms with Crippen LogP contribution in [-0.4, -0.2) is 35.4 Å². The lowest BCUT2D eigenvalue weighted by Gasteiger charge is -2.24. The van der Waals surface area contributed by atoms with E-state index in [-0.39, 0.29) is 18.1 Å². The molecule has 2 rings (SSSR count). The van der Waals surface area contributed by atoms with Crippen molar-refractivity contribution in [3.8, 4) is 0 Å². The molecule has 1 amide bonds. The molecule has 2 atom stereocenters. The van der Waals surface area contributed by atoms with Crippen LogP contribution < -0.4 is 5.32 Å². The summed E-state index contributed by atoms with van der Waals surface area (Å²) in [6, 6.07) is 8.53. The van der Waals surface area contributed by atoms with Crippen LogP contribution in [0.5, 0.6) is 0 Å². The molecular weight excluding hydrogens is 268 g/mol. The maximum absolute atomic E-state index is 12.2. The Labute approximate surface area is 126 Å². The van der Waals surface area contributed by atoms with E-state index in [9.17, 15) is 4.79 Å². The topological polar surface area (TPSA) is 32.3 Å². The van der Waals surface area contributed by atoms with Crippen LogP contribution >= 0.6 is 11.8 Å². The summed E-state index contributed by atoms with van der Waals surface area (Å²) in [6.07, 6.45) is 2.09. The minimum atomic E-state index is -0.0911. The monoisotopic (exact) mass is 292 g/mol. The Morgan fingerprint density at radius 3 is 2.50 bits per heavy atom. The van der Waals surface area contributed by atoms with Gasteiger partial charge < -0.3 is 4.90 Å². The molecule has 1 saturated heterocycles. The molecule has 1 N–H and O–H groups in total. The Morgan fingerprint density at radius 1 is 1.30 bits per heavy atom. The number of benzene rings is 1. The van der Waals surface area contributed by atoms with Gasteiger partial charge in [0.15, 0.2) is 0 Å². The van der Waals surface area contributed by atoms with Crippen molar-refractivity contribution in [3.63, 3.8) is 0 Å². The minimum absolute atomic E-state index is 0.0193. The Balaban J connectivity index is 2.18. The van der Waals surface area contributed by atoms with Gasteiger partial charge in [0.2, 0.25) is 5.91 Å². The molecule has 110 valence electrons. The molecule has 0 spiro atoms. The molecule has 20 heavy (non-hydrogen) atoms. The summed E-state index contributed by atoms with van der Waals surface area (Å²) in [6.45, 7) is 7.13. The maximum atomic E-state index is 12.2. The Bertz CT molecular complexity index is 458. The highest BCUT2D eigenvalue weighted by molar-refractivity contribution is 7.98. The number of nitrogens with one attached hydrogen (secondary N) is 1. The van der Waals surface area contributed by atoms with Crippen molar-refractivity contribution in [2.24, 2.45) is 0 Å². The van der Waals surface area contributed by atoms with Gasteiger partial charge in [0.05, 0.1) is 6.04 Å². The number of rotatable bonds is 5. The van der Waals surface area contributed by atoms with Crippen LogP contribution in [0.15, 0.2) is 24.3 Å². The quantitative estimate of drug-likeness (QED) is 0.905. The molecule has 1 aliphatic rings. The van der Waals surface area contributed by atoms with E-state index >= 15 is 0 Å². The highest BCUT2D eigenvalue weighted by Crippen LogP contribution is 2.26. The first kappa shape index (κ1) is 15.4. The zero-order valence-corrected chi connectivity index (χ0v) is 13.5. The van der Waals surface area contributed by atoms with Crippen molar-refractivity contribution >= 4 is 17.7 Å². The molecule has 1 aliphatic heterocycles. The SMILES string of the molecule is CSCCN1C(=O)C(C)NC1c1ccc(C(C)C)cc1. The van der Waals surface area contributed by atoms with Gasteiger partial charge in [-0.15, -0.1) is 0 Å². The van der Waals surface area contributed by atoms with Gasteiger partial charge in [-0.2, -0.15) is 11.8 Å². The van der Waals surface area contributed by atoms with Crippen LogP contribution in [-0.2, 0) is 4.79 Å². The van der Waals surface area contributed by atoms with Crippen molar-refractivity contribution in [2.75, 3.05) is 18.6 Å². The fourth-order valence-electron chi connectivity index (χ4n) is 2.54. The summed E-state index contributed by atoms with van der Waals surface area (Å²) < 4.78 is 0. The van der Waals surface area contributed by atoms with E-state index in [0.29, 0.717) is 5.92 Å². The van der Waals surface area contributed by atoms with Gasteiger partial charge in [0.1, 0.15) is 6.17 Å². The average molecular weight is 292 g/mol. The molecule has 1 heterocycles. The summed E-state index contributed by atoms with van der Waals surface area (Å²) in [7, 11) is 0. The fourth-order valence-corrected chi connectivity index (χ4v) is 2.92. The van der Waals surface area contributed by atoms with Crippen LogP contribution in [0.2, 0.25) is 0 Å². The van der Waals surface area contributed by atoms with Gasteiger partial charge in [-0.25, -0.2) is 0 Å². The molecule has 2 unspecified atom stereocenters. The van der Waals surface area contributed by atoms with E-state index < -0.39 is 0 Å². The number of hydrogen-bond donors (Lipinski definition) is 1. The number of hydrogen-bond acceptors (Lipinski definition) is 3. The van der Waals surface area contributed by atoms with Gasteiger partial charge in [0.25, 0.3) is 0 Å². The van der Waals surface area contributed by atoms with Crippen LogP contribution in [0.25, 0.3) is 0 Å². The third kappa shape index (κ3) is 3.18. The van der Waals surface area contributed by atoms with Gasteiger partial charge >= 0.3 is 0 Å². The molecule has 0 bridgehead atoms. The van der Waals surface area contributed by atoms with E-state index in [1.54, 1.807) is 11.8 Å². The predicted octanol–water partition coefficient (Wildman–Crippen LogP) is 2.99. The van der Waals surface area contributed by atoms with E-state index in [4.69, 9.17) is 0 Å². The number of amides is 1. The first-order chi connectivity index (χ1) is 9.54. The van der Waals surface area contributed by atoms with E-state index in [1.165, 1.54) is 11.1 Å². The van der Waals surface area contributed by atoms with Gasteiger partial charge in [-0.3, -0.25) is 10.1 Å². The second kappa shape index (κ2) is 6.64. The molecule has 3 nitrogen and oxygen atoms in total. The zero-order valence-electron chi connectivity index (χ0n) is 12.7. The molecule has 1 aromatic rings. The third-order valence-corrected chi connectivity index (χ3v) is 4.42. The van der Waals surface area contributed by atoms with Crippen molar-refractivity contribution < 1.29 is 4.79 Å². The summed E-state index contributed by atoms with van der Waals surface area (Å²) in [5.41, 5.74) is 2.51. The Hall–Kier alpha value is -1.00. The van der Waals surface area contributed by atoms with Crippen LogP contribution in [0.3, 0.4) is 0 Å². The molecule has 1 aromatic carbocycles. The Kier molecular flexibility index (Phi) is 5.11. The lowest BCUT2D eigenvalue weighted by Crippen LogP contribution is -2.32. The van der Waals surface area contributed by atoms with Crippen LogP contribution in [0.4, 0.5) is 0 Å². The first-order valence-corrected chi connectivity index (χ1v) is 8.59. The van der Waals surface area contributed by atoms with Crippen LogP contribution in [0.1, 0.15) is 44.0 Å². The van der Waals surface area contributed by atoms with Gasteiger partial charge in [0, 0.05) is 12.3 Å². The van der Waals surface area contributed by atoms with Crippen molar-refractivity contribution in [1.29, 1.82) is 0 Å². The number of thioether (sulfide) groups is 1. The lowest BCUT2D eigenvalue weighted by atomic mass is 10.0. The first-order valence-electron chi connectivity index (χ1n) is 7.20. The van der Waals surface area contributed by atoms with E-state index in [1.807, 2.05) is 11.8 Å². The molecule has 0 saturated carbocycles. The molecular formula is C16H24N2OS. The van der Waals surface area contributed by atoms with Crippen LogP contribution in [0, 0.1) is 0 Å². The molecule has 0 aromatic heterocycles. The zero-order chi connectivity index (χ0) is 14.7. The molecule has 4 heteroatoms. The van der Waals surface area contributed by atoms with Gasteiger partial charge in [-0.05, 0) is 30.2 Å². The maximum Gasteiger partial charge on any atom is 0.241 e. The second-order valence-corrected chi connectivity index (χ2v) is 6.62. The number of carbonyl (C=O) groups excluding carboxylic acids is 1.